The largest absolute Gasteiger partial charge is 2.00 e. The van der Waals surface area contributed by atoms with Gasteiger partial charge in [-0.15, -0.1) is 13.1 Å². The standard InChI is InChI=1S/C6H14NO2.C2H5.Mg/c1-8-5-3-7-4-6-9-2;1-2;/h3-6H2,1-2H3;1H2,2H3;/q2*-1;+2. The molecule has 0 aromatic carbocycles. The predicted octanol–water partition coefficient (Wildman–Crippen LogP) is 1.11. The molecule has 0 radical (unpaired) electrons. The first-order valence-electron chi connectivity index (χ1n) is 3.73. The van der Waals surface area contributed by atoms with Crippen molar-refractivity contribution in [2.45, 2.75) is 6.92 Å². The molecule has 0 fully saturated rings. The third kappa shape index (κ3) is 22.4. The van der Waals surface area contributed by atoms with Crippen molar-refractivity contribution in [1.82, 2.24) is 0 Å². The molecular weight excluding hydrogens is 166 g/mol. The van der Waals surface area contributed by atoms with E-state index in [4.69, 9.17) is 9.47 Å². The van der Waals surface area contributed by atoms with Crippen molar-refractivity contribution in [3.63, 3.8) is 0 Å². The third-order valence-electron chi connectivity index (χ3n) is 0.907. The molecule has 0 N–H and O–H groups in total. The van der Waals surface area contributed by atoms with E-state index in [1.54, 1.807) is 21.1 Å². The van der Waals surface area contributed by atoms with Crippen LogP contribution >= 0.6 is 0 Å². The van der Waals surface area contributed by atoms with Gasteiger partial charge in [-0.05, 0) is 0 Å². The second kappa shape index (κ2) is 22.6. The summed E-state index contributed by atoms with van der Waals surface area (Å²) in [5.41, 5.74) is 0. The Labute approximate surface area is 92.3 Å². The monoisotopic (exact) mass is 185 g/mol. The predicted molar refractivity (Wildman–Crippen MR) is 53.6 cm³/mol. The molecule has 0 amide bonds. The Kier molecular flexibility index (Phi) is 34.7. The van der Waals surface area contributed by atoms with E-state index in [-0.39, 0.29) is 23.1 Å². The van der Waals surface area contributed by atoms with Gasteiger partial charge in [0.1, 0.15) is 0 Å². The van der Waals surface area contributed by atoms with Crippen LogP contribution in [0.15, 0.2) is 0 Å². The zero-order chi connectivity index (χ0) is 8.95. The first-order chi connectivity index (χ1) is 5.41. The molecule has 0 aromatic rings. The summed E-state index contributed by atoms with van der Waals surface area (Å²) in [7, 11) is 3.34. The van der Waals surface area contributed by atoms with Gasteiger partial charge in [-0.3, -0.25) is 0 Å². The van der Waals surface area contributed by atoms with Crippen LogP contribution in [0, 0.1) is 6.92 Å². The second-order valence-corrected chi connectivity index (χ2v) is 1.66. The first kappa shape index (κ1) is 18.4. The molecule has 0 heterocycles. The molecule has 0 spiro atoms. The summed E-state index contributed by atoms with van der Waals surface area (Å²) in [5.74, 6) is 0. The number of hydrogen-bond donors (Lipinski definition) is 0. The molecule has 0 unspecified atom stereocenters. The van der Waals surface area contributed by atoms with Crippen LogP contribution in [0.3, 0.4) is 0 Å². The van der Waals surface area contributed by atoms with Crippen LogP contribution in [0.25, 0.3) is 5.32 Å². The summed E-state index contributed by atoms with van der Waals surface area (Å²) in [6, 6.07) is 0. The van der Waals surface area contributed by atoms with Gasteiger partial charge in [-0.1, -0.05) is 0 Å². The zero-order valence-electron chi connectivity index (χ0n) is 8.51. The SMILES string of the molecule is COCC[N-]CCOC.[CH2-]C.[Mg+2]. The molecule has 0 saturated carbocycles. The zero-order valence-corrected chi connectivity index (χ0v) is 9.92. The molecule has 0 saturated heterocycles. The van der Waals surface area contributed by atoms with Crippen LogP contribution in [-0.4, -0.2) is 63.6 Å². The molecule has 70 valence electrons. The molecule has 0 bridgehead atoms. The summed E-state index contributed by atoms with van der Waals surface area (Å²) < 4.78 is 9.57. The van der Waals surface area contributed by atoms with E-state index >= 15 is 0 Å². The average molecular weight is 186 g/mol. The molecule has 4 heteroatoms. The van der Waals surface area contributed by atoms with Gasteiger partial charge in [0, 0.05) is 27.4 Å². The smallest absolute Gasteiger partial charge is 0.659 e. The Morgan fingerprint density at radius 3 is 1.58 bits per heavy atom. The Bertz CT molecular complexity index is 50.3. The van der Waals surface area contributed by atoms with Crippen molar-refractivity contribution >= 4 is 23.1 Å². The minimum Gasteiger partial charge on any atom is -0.659 e. The molecule has 3 nitrogen and oxygen atoms in total. The number of ether oxygens (including phenoxy) is 2. The molecular formula is C8H19MgNO2. The summed E-state index contributed by atoms with van der Waals surface area (Å²) in [5, 5.41) is 4.10. The maximum atomic E-state index is 4.79. The van der Waals surface area contributed by atoms with Crippen molar-refractivity contribution in [3.05, 3.63) is 12.2 Å². The van der Waals surface area contributed by atoms with Gasteiger partial charge in [0.2, 0.25) is 0 Å². The maximum Gasteiger partial charge on any atom is 2.00 e. The number of rotatable bonds is 6. The molecule has 0 atom stereocenters. The third-order valence-corrected chi connectivity index (χ3v) is 0.907. The second-order valence-electron chi connectivity index (χ2n) is 1.66. The fraction of sp³-hybridized carbons (Fsp3) is 0.875. The van der Waals surface area contributed by atoms with Crippen LogP contribution in [-0.2, 0) is 9.47 Å². The summed E-state index contributed by atoms with van der Waals surface area (Å²) in [4.78, 5) is 0. The quantitative estimate of drug-likeness (QED) is 0.353. The molecule has 0 aliphatic rings. The van der Waals surface area contributed by atoms with E-state index < -0.39 is 0 Å². The number of nitrogens with zero attached hydrogens (tertiary/aromatic N) is 1. The van der Waals surface area contributed by atoms with Gasteiger partial charge in [-0.25, -0.2) is 0 Å². The van der Waals surface area contributed by atoms with Gasteiger partial charge in [0.05, 0.1) is 0 Å². The van der Waals surface area contributed by atoms with Gasteiger partial charge >= 0.3 is 23.1 Å². The van der Waals surface area contributed by atoms with Gasteiger partial charge in [0.25, 0.3) is 0 Å². The van der Waals surface area contributed by atoms with E-state index in [0.29, 0.717) is 13.2 Å². The average Bonchev–Trinajstić information content (AvgIpc) is 2.08. The summed E-state index contributed by atoms with van der Waals surface area (Å²) in [6.45, 7) is 7.98. The normalized spacial score (nSPS) is 8.00. The van der Waals surface area contributed by atoms with Crippen LogP contribution in [0.1, 0.15) is 6.92 Å². The van der Waals surface area contributed by atoms with E-state index in [0.717, 1.165) is 13.1 Å². The van der Waals surface area contributed by atoms with Crippen molar-refractivity contribution in [3.8, 4) is 0 Å². The van der Waals surface area contributed by atoms with Crippen molar-refractivity contribution in [2.75, 3.05) is 40.5 Å². The van der Waals surface area contributed by atoms with Crippen molar-refractivity contribution in [2.24, 2.45) is 0 Å². The number of hydrogen-bond acceptors (Lipinski definition) is 2. The van der Waals surface area contributed by atoms with Gasteiger partial charge < -0.3 is 21.7 Å². The Hall–Kier alpha value is 0.646. The summed E-state index contributed by atoms with van der Waals surface area (Å²) >= 11 is 0. The van der Waals surface area contributed by atoms with Gasteiger partial charge in [-0.2, -0.15) is 6.92 Å². The fourth-order valence-electron chi connectivity index (χ4n) is 0.423. The van der Waals surface area contributed by atoms with Crippen LogP contribution < -0.4 is 0 Å². The molecule has 0 aromatic heterocycles. The Balaban J connectivity index is -0.000000249. The van der Waals surface area contributed by atoms with E-state index in [1.165, 1.54) is 0 Å². The van der Waals surface area contributed by atoms with E-state index in [1.807, 2.05) is 0 Å². The first-order valence-corrected chi connectivity index (χ1v) is 3.73. The molecule has 12 heavy (non-hydrogen) atoms. The Morgan fingerprint density at radius 1 is 1.00 bits per heavy atom. The summed E-state index contributed by atoms with van der Waals surface area (Å²) in [6.07, 6.45) is 0. The van der Waals surface area contributed by atoms with Gasteiger partial charge in [0.15, 0.2) is 0 Å². The van der Waals surface area contributed by atoms with Crippen LogP contribution in [0.4, 0.5) is 0 Å². The van der Waals surface area contributed by atoms with E-state index in [2.05, 4.69) is 12.2 Å². The van der Waals surface area contributed by atoms with Crippen molar-refractivity contribution in [1.29, 1.82) is 0 Å². The molecule has 0 aliphatic heterocycles. The molecule has 0 rings (SSSR count). The van der Waals surface area contributed by atoms with E-state index in [9.17, 15) is 0 Å². The number of methoxy groups -OCH3 is 2. The Morgan fingerprint density at radius 2 is 1.33 bits per heavy atom. The van der Waals surface area contributed by atoms with Crippen LogP contribution in [0.2, 0.25) is 0 Å². The maximum absolute atomic E-state index is 4.79. The molecule has 0 aliphatic carbocycles. The van der Waals surface area contributed by atoms with Crippen molar-refractivity contribution < 1.29 is 9.47 Å². The minimum absolute atomic E-state index is 0. The topological polar surface area (TPSA) is 32.6 Å². The van der Waals surface area contributed by atoms with Crippen LogP contribution in [0.5, 0.6) is 0 Å². The fourth-order valence-corrected chi connectivity index (χ4v) is 0.423. The minimum atomic E-state index is 0.